The summed E-state index contributed by atoms with van der Waals surface area (Å²) < 4.78 is 37.8. The molecule has 0 radical (unpaired) electrons. The molecule has 0 saturated carbocycles. The van der Waals surface area contributed by atoms with Crippen molar-refractivity contribution in [1.82, 2.24) is 0 Å². The van der Waals surface area contributed by atoms with Gasteiger partial charge in [-0.15, -0.1) is 13.2 Å². The second-order valence-corrected chi connectivity index (χ2v) is 2.67. The van der Waals surface area contributed by atoms with E-state index in [1.165, 1.54) is 0 Å². The highest BCUT2D eigenvalue weighted by molar-refractivity contribution is 7.15. The first-order valence-electron chi connectivity index (χ1n) is 2.52. The number of hydrogen-bond donors (Lipinski definition) is 1. The molecule has 1 aromatic heterocycles. The standard InChI is InChI=1S/C5H3F3O2S/c6-5(7,8)10-4-2-1-3(9)11-4/h1-2,9H. The fourth-order valence-corrected chi connectivity index (χ4v) is 1.09. The van der Waals surface area contributed by atoms with Crippen LogP contribution < -0.4 is 4.74 Å². The van der Waals surface area contributed by atoms with Gasteiger partial charge in [-0.1, -0.05) is 11.3 Å². The normalized spacial score (nSPS) is 11.5. The van der Waals surface area contributed by atoms with Gasteiger partial charge in [0.25, 0.3) is 0 Å². The third-order valence-corrected chi connectivity index (χ3v) is 1.55. The molecule has 1 aromatic rings. The summed E-state index contributed by atoms with van der Waals surface area (Å²) in [7, 11) is 0. The topological polar surface area (TPSA) is 29.5 Å². The number of hydrogen-bond acceptors (Lipinski definition) is 3. The van der Waals surface area contributed by atoms with E-state index in [1.807, 2.05) is 0 Å². The second kappa shape index (κ2) is 2.61. The van der Waals surface area contributed by atoms with Gasteiger partial charge in [-0.05, 0) is 12.1 Å². The van der Waals surface area contributed by atoms with Gasteiger partial charge in [0.2, 0.25) is 0 Å². The molecule has 62 valence electrons. The summed E-state index contributed by atoms with van der Waals surface area (Å²) in [6, 6.07) is 2.18. The van der Waals surface area contributed by atoms with Crippen molar-refractivity contribution >= 4 is 11.3 Å². The zero-order valence-corrected chi connectivity index (χ0v) is 5.87. The molecule has 11 heavy (non-hydrogen) atoms. The van der Waals surface area contributed by atoms with Crippen LogP contribution in [0.5, 0.6) is 10.1 Å². The van der Waals surface area contributed by atoms with Gasteiger partial charge in [0, 0.05) is 0 Å². The van der Waals surface area contributed by atoms with E-state index in [2.05, 4.69) is 4.74 Å². The Hall–Kier alpha value is -0.910. The molecule has 0 bridgehead atoms. The van der Waals surface area contributed by atoms with Crippen molar-refractivity contribution in [3.63, 3.8) is 0 Å². The summed E-state index contributed by atoms with van der Waals surface area (Å²) in [5, 5.41) is 8.05. The van der Waals surface area contributed by atoms with Crippen LogP contribution in [0.25, 0.3) is 0 Å². The van der Waals surface area contributed by atoms with E-state index in [4.69, 9.17) is 5.11 Å². The lowest BCUT2D eigenvalue weighted by Gasteiger charge is -2.04. The van der Waals surface area contributed by atoms with Crippen molar-refractivity contribution in [2.45, 2.75) is 6.36 Å². The highest BCUT2D eigenvalue weighted by atomic mass is 32.1. The van der Waals surface area contributed by atoms with Gasteiger partial charge in [-0.25, -0.2) is 0 Å². The minimum atomic E-state index is -4.68. The van der Waals surface area contributed by atoms with Gasteiger partial charge in [0.1, 0.15) is 0 Å². The number of aromatic hydroxyl groups is 1. The first-order chi connectivity index (χ1) is 4.97. The molecule has 0 fully saturated rings. The lowest BCUT2D eigenvalue weighted by Crippen LogP contribution is -2.16. The summed E-state index contributed by atoms with van der Waals surface area (Å²) in [5.41, 5.74) is 0. The first-order valence-corrected chi connectivity index (χ1v) is 3.33. The monoisotopic (exact) mass is 184 g/mol. The molecule has 0 aromatic carbocycles. The number of rotatable bonds is 1. The largest absolute Gasteiger partial charge is 0.573 e. The smallest absolute Gasteiger partial charge is 0.499 e. The van der Waals surface area contributed by atoms with E-state index >= 15 is 0 Å². The van der Waals surface area contributed by atoms with Gasteiger partial charge in [0.05, 0.1) is 0 Å². The molecule has 0 aliphatic carbocycles. The molecule has 0 saturated heterocycles. The Morgan fingerprint density at radius 2 is 2.00 bits per heavy atom. The van der Waals surface area contributed by atoms with Crippen molar-refractivity contribution in [2.24, 2.45) is 0 Å². The Kier molecular flexibility index (Phi) is 1.95. The van der Waals surface area contributed by atoms with Gasteiger partial charge >= 0.3 is 6.36 Å². The maximum atomic E-state index is 11.5. The molecule has 2 nitrogen and oxygen atoms in total. The van der Waals surface area contributed by atoms with Crippen molar-refractivity contribution in [3.05, 3.63) is 12.1 Å². The van der Waals surface area contributed by atoms with E-state index in [9.17, 15) is 13.2 Å². The molecule has 1 heterocycles. The Morgan fingerprint density at radius 1 is 1.36 bits per heavy atom. The third kappa shape index (κ3) is 2.67. The summed E-state index contributed by atoms with van der Waals surface area (Å²) in [5.74, 6) is 0. The van der Waals surface area contributed by atoms with Crippen LogP contribution in [0, 0.1) is 0 Å². The maximum Gasteiger partial charge on any atom is 0.573 e. The molecule has 6 heteroatoms. The van der Waals surface area contributed by atoms with Crippen molar-refractivity contribution < 1.29 is 23.0 Å². The van der Waals surface area contributed by atoms with E-state index in [0.717, 1.165) is 12.1 Å². The number of ether oxygens (including phenoxy) is 1. The molecule has 0 atom stereocenters. The number of halogens is 3. The Labute approximate surface area is 63.8 Å². The molecule has 0 unspecified atom stereocenters. The van der Waals surface area contributed by atoms with E-state index in [0.29, 0.717) is 11.3 Å². The van der Waals surface area contributed by atoms with Crippen LogP contribution in [0.2, 0.25) is 0 Å². The minimum Gasteiger partial charge on any atom is -0.499 e. The van der Waals surface area contributed by atoms with Crippen LogP contribution >= 0.6 is 11.3 Å². The summed E-state index contributed by atoms with van der Waals surface area (Å²) in [4.78, 5) is 0. The average Bonchev–Trinajstić information content (AvgIpc) is 2.10. The fourth-order valence-electron chi connectivity index (χ4n) is 0.479. The van der Waals surface area contributed by atoms with Crippen LogP contribution in [0.3, 0.4) is 0 Å². The molecular formula is C5H3F3O2S. The van der Waals surface area contributed by atoms with Crippen molar-refractivity contribution in [3.8, 4) is 10.1 Å². The Bertz CT molecular complexity index is 242. The molecule has 0 aliphatic heterocycles. The van der Waals surface area contributed by atoms with E-state index in [-0.39, 0.29) is 10.1 Å². The zero-order chi connectivity index (χ0) is 8.48. The zero-order valence-electron chi connectivity index (χ0n) is 5.05. The number of alkyl halides is 3. The minimum absolute atomic E-state index is 0.204. The highest BCUT2D eigenvalue weighted by Crippen LogP contribution is 2.33. The van der Waals surface area contributed by atoms with E-state index in [1.54, 1.807) is 0 Å². The van der Waals surface area contributed by atoms with Gasteiger partial charge in [0.15, 0.2) is 10.1 Å². The molecule has 0 spiro atoms. The predicted molar refractivity (Wildman–Crippen MR) is 32.7 cm³/mol. The molecular weight excluding hydrogens is 181 g/mol. The summed E-state index contributed by atoms with van der Waals surface area (Å²) in [6.45, 7) is 0. The van der Waals surface area contributed by atoms with Gasteiger partial charge in [-0.3, -0.25) is 0 Å². The van der Waals surface area contributed by atoms with E-state index < -0.39 is 6.36 Å². The van der Waals surface area contributed by atoms with Crippen LogP contribution in [-0.4, -0.2) is 11.5 Å². The summed E-state index contributed by atoms with van der Waals surface area (Å²) in [6.07, 6.45) is -4.68. The van der Waals surface area contributed by atoms with Crippen LogP contribution in [-0.2, 0) is 0 Å². The van der Waals surface area contributed by atoms with Gasteiger partial charge in [-0.2, -0.15) is 0 Å². The lowest BCUT2D eigenvalue weighted by molar-refractivity contribution is -0.273. The maximum absolute atomic E-state index is 11.5. The third-order valence-electron chi connectivity index (χ3n) is 0.783. The van der Waals surface area contributed by atoms with Crippen LogP contribution in [0.4, 0.5) is 13.2 Å². The fraction of sp³-hybridized carbons (Fsp3) is 0.200. The molecule has 1 rings (SSSR count). The Balaban J connectivity index is 2.65. The average molecular weight is 184 g/mol. The predicted octanol–water partition coefficient (Wildman–Crippen LogP) is 2.35. The quantitative estimate of drug-likeness (QED) is 0.725. The highest BCUT2D eigenvalue weighted by Gasteiger charge is 2.31. The molecule has 1 N–H and O–H groups in total. The SMILES string of the molecule is Oc1ccc(OC(F)(F)F)s1. The van der Waals surface area contributed by atoms with Crippen LogP contribution in [0.15, 0.2) is 12.1 Å². The van der Waals surface area contributed by atoms with Crippen molar-refractivity contribution in [1.29, 1.82) is 0 Å². The molecule has 0 amide bonds. The summed E-state index contributed by atoms with van der Waals surface area (Å²) >= 11 is 0.528. The first kappa shape index (κ1) is 8.19. The van der Waals surface area contributed by atoms with Crippen molar-refractivity contribution in [2.75, 3.05) is 0 Å². The number of thiophene rings is 1. The molecule has 0 aliphatic rings. The van der Waals surface area contributed by atoms with Gasteiger partial charge < -0.3 is 9.84 Å². The van der Waals surface area contributed by atoms with Crippen LogP contribution in [0.1, 0.15) is 0 Å². The second-order valence-electron chi connectivity index (χ2n) is 1.64. The lowest BCUT2D eigenvalue weighted by atomic mass is 10.6. The Morgan fingerprint density at radius 3 is 2.36 bits per heavy atom.